The molecule has 0 rings (SSSR count). The molecule has 0 fully saturated rings. The van der Waals surface area contributed by atoms with E-state index in [9.17, 15) is 9.59 Å². The monoisotopic (exact) mass is 273 g/mol. The largest absolute Gasteiger partial charge is 0.464 e. The highest BCUT2D eigenvalue weighted by molar-refractivity contribution is 5.81. The van der Waals surface area contributed by atoms with Gasteiger partial charge in [0.05, 0.1) is 13.2 Å². The molecule has 0 aromatic rings. The molecule has 0 spiro atoms. The summed E-state index contributed by atoms with van der Waals surface area (Å²) in [5, 5.41) is 2.59. The second-order valence-corrected chi connectivity index (χ2v) is 4.66. The van der Waals surface area contributed by atoms with Gasteiger partial charge in [-0.3, -0.25) is 0 Å². The summed E-state index contributed by atoms with van der Waals surface area (Å²) in [7, 11) is 0. The lowest BCUT2D eigenvalue weighted by Gasteiger charge is -2.22. The van der Waals surface area contributed by atoms with Crippen LogP contribution in [-0.4, -0.2) is 31.3 Å². The van der Waals surface area contributed by atoms with Crippen molar-refractivity contribution in [2.24, 2.45) is 5.92 Å². The molecule has 0 aromatic heterocycles. The molecule has 0 bridgehead atoms. The number of alkyl carbamates (subject to hydrolysis) is 1. The third-order valence-electron chi connectivity index (χ3n) is 2.92. The fraction of sp³-hybridized carbons (Fsp3) is 0.857. The Balaban J connectivity index is 4.36. The molecule has 0 saturated heterocycles. The van der Waals surface area contributed by atoms with Gasteiger partial charge in [-0.2, -0.15) is 0 Å². The van der Waals surface area contributed by atoms with E-state index in [4.69, 9.17) is 9.47 Å². The van der Waals surface area contributed by atoms with Crippen LogP contribution in [0.25, 0.3) is 0 Å². The van der Waals surface area contributed by atoms with E-state index < -0.39 is 12.1 Å². The van der Waals surface area contributed by atoms with E-state index in [-0.39, 0.29) is 11.9 Å². The first-order valence-electron chi connectivity index (χ1n) is 7.16. The van der Waals surface area contributed by atoms with Crippen molar-refractivity contribution in [3.05, 3.63) is 0 Å². The van der Waals surface area contributed by atoms with Crippen molar-refractivity contribution in [1.29, 1.82) is 0 Å². The zero-order valence-corrected chi connectivity index (χ0v) is 12.5. The first-order valence-corrected chi connectivity index (χ1v) is 7.16. The van der Waals surface area contributed by atoms with Crippen LogP contribution in [0.2, 0.25) is 0 Å². The number of hydrogen-bond acceptors (Lipinski definition) is 4. The Kier molecular flexibility index (Phi) is 9.94. The van der Waals surface area contributed by atoms with Gasteiger partial charge in [0.1, 0.15) is 6.04 Å². The van der Waals surface area contributed by atoms with Gasteiger partial charge < -0.3 is 14.8 Å². The van der Waals surface area contributed by atoms with E-state index in [1.807, 2.05) is 27.7 Å². The lowest BCUT2D eigenvalue weighted by atomic mass is 9.99. The van der Waals surface area contributed by atoms with Crippen LogP contribution in [-0.2, 0) is 14.3 Å². The molecule has 0 aliphatic rings. The van der Waals surface area contributed by atoms with Gasteiger partial charge in [-0.05, 0) is 18.8 Å². The van der Waals surface area contributed by atoms with Gasteiger partial charge in [0.2, 0.25) is 0 Å². The standard InChI is InChI=1S/C14H27NO4/c1-5-8-10-18-13(16)12(11(4)7-3)15-14(17)19-9-6-2/h11-12H,5-10H2,1-4H3,(H,15,17). The predicted molar refractivity (Wildman–Crippen MR) is 73.9 cm³/mol. The molecule has 112 valence electrons. The SMILES string of the molecule is CCCCOC(=O)C(NC(=O)OCCC)C(C)CC. The highest BCUT2D eigenvalue weighted by Crippen LogP contribution is 2.10. The summed E-state index contributed by atoms with van der Waals surface area (Å²) in [5.74, 6) is -0.362. The first-order chi connectivity index (χ1) is 9.06. The van der Waals surface area contributed by atoms with Crippen molar-refractivity contribution in [1.82, 2.24) is 5.32 Å². The molecule has 5 heteroatoms. The first kappa shape index (κ1) is 17.7. The molecule has 2 unspecified atom stereocenters. The molecule has 0 aliphatic carbocycles. The number of rotatable bonds is 9. The number of esters is 1. The van der Waals surface area contributed by atoms with Crippen molar-refractivity contribution in [2.45, 2.75) is 59.4 Å². The maximum absolute atomic E-state index is 11.9. The quantitative estimate of drug-likeness (QED) is 0.518. The molecule has 19 heavy (non-hydrogen) atoms. The number of nitrogens with one attached hydrogen (secondary N) is 1. The van der Waals surface area contributed by atoms with E-state index in [0.29, 0.717) is 13.2 Å². The average molecular weight is 273 g/mol. The van der Waals surface area contributed by atoms with Gasteiger partial charge in [0.15, 0.2) is 0 Å². The minimum atomic E-state index is -0.633. The van der Waals surface area contributed by atoms with Crippen LogP contribution in [0.5, 0.6) is 0 Å². The van der Waals surface area contributed by atoms with Crippen LogP contribution in [0.4, 0.5) is 4.79 Å². The number of carbonyl (C=O) groups is 2. The van der Waals surface area contributed by atoms with Crippen LogP contribution in [0, 0.1) is 5.92 Å². The summed E-state index contributed by atoms with van der Waals surface area (Å²) < 4.78 is 10.1. The zero-order chi connectivity index (χ0) is 14.7. The molecular weight excluding hydrogens is 246 g/mol. The van der Waals surface area contributed by atoms with Crippen LogP contribution < -0.4 is 5.32 Å². The molecular formula is C14H27NO4. The molecule has 1 N–H and O–H groups in total. The van der Waals surface area contributed by atoms with E-state index in [0.717, 1.165) is 25.7 Å². The lowest BCUT2D eigenvalue weighted by molar-refractivity contribution is -0.147. The van der Waals surface area contributed by atoms with E-state index in [1.54, 1.807) is 0 Å². The second-order valence-electron chi connectivity index (χ2n) is 4.66. The highest BCUT2D eigenvalue weighted by atomic mass is 16.6. The van der Waals surface area contributed by atoms with Gasteiger partial charge >= 0.3 is 12.1 Å². The van der Waals surface area contributed by atoms with E-state index in [2.05, 4.69) is 5.32 Å². The summed E-state index contributed by atoms with van der Waals surface area (Å²) >= 11 is 0. The van der Waals surface area contributed by atoms with Gasteiger partial charge in [0.25, 0.3) is 0 Å². The molecule has 0 saturated carbocycles. The Bertz CT molecular complexity index is 268. The highest BCUT2D eigenvalue weighted by Gasteiger charge is 2.27. The second kappa shape index (κ2) is 10.6. The van der Waals surface area contributed by atoms with E-state index >= 15 is 0 Å². The Morgan fingerprint density at radius 2 is 1.74 bits per heavy atom. The number of hydrogen-bond donors (Lipinski definition) is 1. The zero-order valence-electron chi connectivity index (χ0n) is 12.5. The summed E-state index contributed by atoms with van der Waals surface area (Å²) in [6.45, 7) is 8.57. The van der Waals surface area contributed by atoms with Crippen LogP contribution in [0.3, 0.4) is 0 Å². The molecule has 2 atom stereocenters. The molecule has 0 aromatic carbocycles. The van der Waals surface area contributed by atoms with Crippen molar-refractivity contribution in [3.8, 4) is 0 Å². The smallest absolute Gasteiger partial charge is 0.407 e. The topological polar surface area (TPSA) is 64.6 Å². The maximum Gasteiger partial charge on any atom is 0.407 e. The van der Waals surface area contributed by atoms with Crippen LogP contribution in [0.15, 0.2) is 0 Å². The summed E-state index contributed by atoms with van der Waals surface area (Å²) in [5.41, 5.74) is 0. The fourth-order valence-electron chi connectivity index (χ4n) is 1.44. The van der Waals surface area contributed by atoms with Crippen molar-refractivity contribution < 1.29 is 19.1 Å². The Morgan fingerprint density at radius 3 is 2.26 bits per heavy atom. The van der Waals surface area contributed by atoms with Crippen molar-refractivity contribution in [3.63, 3.8) is 0 Å². The maximum atomic E-state index is 11.9. The van der Waals surface area contributed by atoms with Crippen molar-refractivity contribution >= 4 is 12.1 Å². The molecule has 0 radical (unpaired) electrons. The Hall–Kier alpha value is -1.26. The van der Waals surface area contributed by atoms with Crippen LogP contribution in [0.1, 0.15) is 53.4 Å². The minimum Gasteiger partial charge on any atom is -0.464 e. The predicted octanol–water partition coefficient (Wildman–Crippen LogP) is 2.88. The average Bonchev–Trinajstić information content (AvgIpc) is 2.41. The number of unbranched alkanes of at least 4 members (excludes halogenated alkanes) is 1. The van der Waals surface area contributed by atoms with Gasteiger partial charge in [-0.15, -0.1) is 0 Å². The summed E-state index contributed by atoms with van der Waals surface area (Å²) in [6, 6.07) is -0.633. The molecule has 0 heterocycles. The Morgan fingerprint density at radius 1 is 1.05 bits per heavy atom. The number of carbonyl (C=O) groups excluding carboxylic acids is 2. The molecule has 1 amide bonds. The lowest BCUT2D eigenvalue weighted by Crippen LogP contribution is -2.46. The normalized spacial score (nSPS) is 13.5. The van der Waals surface area contributed by atoms with Gasteiger partial charge in [-0.25, -0.2) is 9.59 Å². The van der Waals surface area contributed by atoms with Gasteiger partial charge in [-0.1, -0.05) is 40.5 Å². The van der Waals surface area contributed by atoms with Crippen molar-refractivity contribution in [2.75, 3.05) is 13.2 Å². The van der Waals surface area contributed by atoms with Gasteiger partial charge in [0, 0.05) is 0 Å². The fourth-order valence-corrected chi connectivity index (χ4v) is 1.44. The number of ether oxygens (including phenoxy) is 2. The minimum absolute atomic E-state index is 0.0169. The third kappa shape index (κ3) is 7.70. The summed E-state index contributed by atoms with van der Waals surface area (Å²) in [4.78, 5) is 23.5. The summed E-state index contributed by atoms with van der Waals surface area (Å²) in [6.07, 6.45) is 2.77. The molecule has 5 nitrogen and oxygen atoms in total. The third-order valence-corrected chi connectivity index (χ3v) is 2.92. The number of amides is 1. The van der Waals surface area contributed by atoms with Crippen LogP contribution >= 0.6 is 0 Å². The van der Waals surface area contributed by atoms with E-state index in [1.165, 1.54) is 0 Å². The Labute approximate surface area is 116 Å². The molecule has 0 aliphatic heterocycles.